The van der Waals surface area contributed by atoms with Gasteiger partial charge in [0.25, 0.3) is 0 Å². The van der Waals surface area contributed by atoms with Gasteiger partial charge in [-0.05, 0) is 25.0 Å². The molecule has 0 saturated carbocycles. The van der Waals surface area contributed by atoms with E-state index in [2.05, 4.69) is 24.4 Å². The molecule has 15 heavy (non-hydrogen) atoms. The summed E-state index contributed by atoms with van der Waals surface area (Å²) in [6.45, 7) is 5.77. The zero-order valence-electron chi connectivity index (χ0n) is 9.62. The van der Waals surface area contributed by atoms with E-state index in [9.17, 15) is 4.21 Å². The van der Waals surface area contributed by atoms with Crippen molar-refractivity contribution < 1.29 is 4.21 Å². The lowest BCUT2D eigenvalue weighted by atomic mass is 10.1. The molecular formula is C12H19NOS. The number of benzene rings is 1. The first-order valence-electron chi connectivity index (χ1n) is 5.18. The van der Waals surface area contributed by atoms with Crippen LogP contribution in [0.1, 0.15) is 18.1 Å². The van der Waals surface area contributed by atoms with Gasteiger partial charge in [-0.2, -0.15) is 0 Å². The van der Waals surface area contributed by atoms with E-state index in [1.54, 1.807) is 6.26 Å². The van der Waals surface area contributed by atoms with Gasteiger partial charge in [0.1, 0.15) is 0 Å². The van der Waals surface area contributed by atoms with Crippen LogP contribution in [0.2, 0.25) is 0 Å². The van der Waals surface area contributed by atoms with Gasteiger partial charge >= 0.3 is 0 Å². The first-order valence-corrected chi connectivity index (χ1v) is 6.81. The lowest BCUT2D eigenvalue weighted by molar-refractivity contribution is 0.646. The molecule has 1 aromatic rings. The third-order valence-corrected chi connectivity index (χ3v) is 3.88. The summed E-state index contributed by atoms with van der Waals surface area (Å²) < 4.78 is 11.1. The van der Waals surface area contributed by atoms with Crippen LogP contribution in [0.5, 0.6) is 0 Å². The van der Waals surface area contributed by atoms with Crippen LogP contribution in [0.25, 0.3) is 0 Å². The topological polar surface area (TPSA) is 29.1 Å². The Morgan fingerprint density at radius 1 is 1.40 bits per heavy atom. The van der Waals surface area contributed by atoms with E-state index < -0.39 is 10.8 Å². The lowest BCUT2D eigenvalue weighted by Gasteiger charge is -2.11. The van der Waals surface area contributed by atoms with E-state index in [1.807, 2.05) is 19.1 Å². The number of nitrogens with one attached hydrogen (secondary N) is 1. The molecule has 0 saturated heterocycles. The third kappa shape index (κ3) is 4.14. The molecule has 84 valence electrons. The van der Waals surface area contributed by atoms with Crippen LogP contribution in [0.4, 0.5) is 0 Å². The SMILES string of the molecule is Cc1ccccc1CNCC(C)S(C)=O. The van der Waals surface area contributed by atoms with Gasteiger partial charge in [0, 0.05) is 35.4 Å². The second kappa shape index (κ2) is 6.03. The Morgan fingerprint density at radius 2 is 2.07 bits per heavy atom. The quantitative estimate of drug-likeness (QED) is 0.828. The number of hydrogen-bond donors (Lipinski definition) is 1. The molecular weight excluding hydrogens is 206 g/mol. The zero-order valence-corrected chi connectivity index (χ0v) is 10.4. The lowest BCUT2D eigenvalue weighted by Crippen LogP contribution is -2.27. The van der Waals surface area contributed by atoms with Crippen molar-refractivity contribution in [2.45, 2.75) is 25.6 Å². The molecule has 0 aliphatic carbocycles. The fraction of sp³-hybridized carbons (Fsp3) is 0.500. The van der Waals surface area contributed by atoms with E-state index in [0.717, 1.165) is 13.1 Å². The molecule has 0 aromatic heterocycles. The zero-order chi connectivity index (χ0) is 11.3. The molecule has 0 heterocycles. The predicted octanol–water partition coefficient (Wildman–Crippen LogP) is 1.85. The molecule has 0 spiro atoms. The predicted molar refractivity (Wildman–Crippen MR) is 66.4 cm³/mol. The summed E-state index contributed by atoms with van der Waals surface area (Å²) in [5.74, 6) is 0. The maximum atomic E-state index is 11.1. The summed E-state index contributed by atoms with van der Waals surface area (Å²) in [7, 11) is -0.736. The van der Waals surface area contributed by atoms with E-state index >= 15 is 0 Å². The number of rotatable bonds is 5. The molecule has 1 aromatic carbocycles. The van der Waals surface area contributed by atoms with Gasteiger partial charge in [-0.3, -0.25) is 4.21 Å². The molecule has 3 heteroatoms. The molecule has 0 radical (unpaired) electrons. The van der Waals surface area contributed by atoms with Gasteiger partial charge in [0.05, 0.1) is 0 Å². The normalized spacial score (nSPS) is 14.9. The van der Waals surface area contributed by atoms with Crippen LogP contribution in [-0.4, -0.2) is 22.3 Å². The molecule has 0 fully saturated rings. The third-order valence-electron chi connectivity index (χ3n) is 2.58. The second-order valence-corrected chi connectivity index (χ2v) is 5.67. The van der Waals surface area contributed by atoms with E-state index in [4.69, 9.17) is 0 Å². The first-order chi connectivity index (χ1) is 7.11. The fourth-order valence-electron chi connectivity index (χ4n) is 1.34. The minimum atomic E-state index is -0.736. The van der Waals surface area contributed by atoms with Crippen molar-refractivity contribution in [2.24, 2.45) is 0 Å². The summed E-state index contributed by atoms with van der Waals surface area (Å²) in [5, 5.41) is 3.55. The number of aryl methyl sites for hydroxylation is 1. The molecule has 0 aliphatic heterocycles. The Morgan fingerprint density at radius 3 is 2.67 bits per heavy atom. The highest BCUT2D eigenvalue weighted by Gasteiger charge is 2.05. The summed E-state index contributed by atoms with van der Waals surface area (Å²) >= 11 is 0. The van der Waals surface area contributed by atoms with Gasteiger partial charge in [-0.15, -0.1) is 0 Å². The highest BCUT2D eigenvalue weighted by atomic mass is 32.2. The van der Waals surface area contributed by atoms with E-state index in [-0.39, 0.29) is 5.25 Å². The van der Waals surface area contributed by atoms with Gasteiger partial charge < -0.3 is 5.32 Å². The van der Waals surface area contributed by atoms with Crippen LogP contribution >= 0.6 is 0 Å². The highest BCUT2D eigenvalue weighted by Crippen LogP contribution is 2.06. The Bertz CT molecular complexity index is 338. The Kier molecular flexibility index (Phi) is 4.99. The smallest absolute Gasteiger partial charge is 0.0441 e. The van der Waals surface area contributed by atoms with Gasteiger partial charge in [-0.25, -0.2) is 0 Å². The minimum absolute atomic E-state index is 0.217. The van der Waals surface area contributed by atoms with Crippen LogP contribution in [0.3, 0.4) is 0 Å². The van der Waals surface area contributed by atoms with Gasteiger partial charge in [-0.1, -0.05) is 24.3 Å². The van der Waals surface area contributed by atoms with Crippen LogP contribution in [-0.2, 0) is 17.3 Å². The molecule has 2 atom stereocenters. The monoisotopic (exact) mass is 225 g/mol. The first kappa shape index (κ1) is 12.4. The Hall–Kier alpha value is -0.670. The maximum absolute atomic E-state index is 11.1. The van der Waals surface area contributed by atoms with E-state index in [1.165, 1.54) is 11.1 Å². The van der Waals surface area contributed by atoms with Crippen molar-refractivity contribution in [3.8, 4) is 0 Å². The van der Waals surface area contributed by atoms with Crippen molar-refractivity contribution in [1.82, 2.24) is 5.32 Å². The highest BCUT2D eigenvalue weighted by molar-refractivity contribution is 7.84. The minimum Gasteiger partial charge on any atom is -0.311 e. The van der Waals surface area contributed by atoms with Crippen LogP contribution in [0, 0.1) is 6.92 Å². The van der Waals surface area contributed by atoms with Crippen molar-refractivity contribution in [3.05, 3.63) is 35.4 Å². The average molecular weight is 225 g/mol. The number of hydrogen-bond acceptors (Lipinski definition) is 2. The van der Waals surface area contributed by atoms with Gasteiger partial charge in [0.15, 0.2) is 0 Å². The standard InChI is InChI=1S/C12H19NOS/c1-10-6-4-5-7-12(10)9-13-8-11(2)15(3)14/h4-7,11,13H,8-9H2,1-3H3. The Balaban J connectivity index is 2.38. The summed E-state index contributed by atoms with van der Waals surface area (Å²) in [4.78, 5) is 0. The average Bonchev–Trinajstić information content (AvgIpc) is 2.20. The molecule has 0 bridgehead atoms. The van der Waals surface area contributed by atoms with Crippen molar-refractivity contribution in [2.75, 3.05) is 12.8 Å². The molecule has 1 N–H and O–H groups in total. The van der Waals surface area contributed by atoms with Crippen LogP contribution in [0.15, 0.2) is 24.3 Å². The maximum Gasteiger partial charge on any atom is 0.0441 e. The molecule has 2 unspecified atom stereocenters. The summed E-state index contributed by atoms with van der Waals surface area (Å²) in [6, 6.07) is 8.32. The molecule has 0 amide bonds. The van der Waals surface area contributed by atoms with Crippen molar-refractivity contribution in [1.29, 1.82) is 0 Å². The summed E-state index contributed by atoms with van der Waals surface area (Å²) in [5.41, 5.74) is 2.61. The largest absolute Gasteiger partial charge is 0.311 e. The second-order valence-electron chi connectivity index (χ2n) is 3.87. The summed E-state index contributed by atoms with van der Waals surface area (Å²) in [6.07, 6.45) is 1.75. The van der Waals surface area contributed by atoms with Crippen molar-refractivity contribution in [3.63, 3.8) is 0 Å². The molecule has 1 rings (SSSR count). The van der Waals surface area contributed by atoms with Crippen molar-refractivity contribution >= 4 is 10.8 Å². The van der Waals surface area contributed by atoms with E-state index in [0.29, 0.717) is 0 Å². The Labute approximate surface area is 94.5 Å². The molecule has 2 nitrogen and oxygen atoms in total. The molecule has 0 aliphatic rings. The van der Waals surface area contributed by atoms with Gasteiger partial charge in [0.2, 0.25) is 0 Å². The van der Waals surface area contributed by atoms with Crippen LogP contribution < -0.4 is 5.32 Å². The fourth-order valence-corrected chi connectivity index (χ4v) is 1.69.